The molecule has 0 radical (unpaired) electrons. The van der Waals surface area contributed by atoms with Crippen molar-refractivity contribution in [2.45, 2.75) is 26.7 Å². The topological polar surface area (TPSA) is 85.7 Å². The van der Waals surface area contributed by atoms with Crippen LogP contribution in [0, 0.1) is 6.92 Å². The summed E-state index contributed by atoms with van der Waals surface area (Å²) in [6.07, 6.45) is 4.00. The molecule has 3 heterocycles. The van der Waals surface area contributed by atoms with Crippen LogP contribution in [0.1, 0.15) is 31.2 Å². The minimum atomic E-state index is 0.441. The molecule has 0 bridgehead atoms. The lowest BCUT2D eigenvalue weighted by molar-refractivity contribution is 0.415. The summed E-state index contributed by atoms with van der Waals surface area (Å²) in [6.45, 7) is 4.30. The Morgan fingerprint density at radius 1 is 0.566 bits per heavy atom. The number of methoxy groups -OCH3 is 4. The van der Waals surface area contributed by atoms with Gasteiger partial charge in [-0.1, -0.05) is 18.2 Å². The number of allylic oxidation sites excluding steroid dienone is 4. The van der Waals surface area contributed by atoms with Crippen molar-refractivity contribution in [1.29, 1.82) is 0 Å². The Morgan fingerprint density at radius 2 is 1.04 bits per heavy atom. The van der Waals surface area contributed by atoms with Crippen molar-refractivity contribution in [1.82, 2.24) is 19.3 Å². The summed E-state index contributed by atoms with van der Waals surface area (Å²) in [7, 11) is 6.76. The van der Waals surface area contributed by atoms with Crippen LogP contribution in [0.5, 0.6) is 23.0 Å². The Kier molecular flexibility index (Phi) is 7.73. The number of fused-ring (bicyclic) bond motifs is 6. The molecule has 264 valence electrons. The largest absolute Gasteiger partial charge is 0.497 e. The highest BCUT2D eigenvalue weighted by Crippen LogP contribution is 2.44. The van der Waals surface area contributed by atoms with Gasteiger partial charge in [0.05, 0.1) is 73.0 Å². The fourth-order valence-corrected chi connectivity index (χ4v) is 7.90. The predicted octanol–water partition coefficient (Wildman–Crippen LogP) is 10.4. The van der Waals surface area contributed by atoms with E-state index in [1.807, 2.05) is 30.3 Å². The predicted molar refractivity (Wildman–Crippen MR) is 211 cm³/mol. The standard InChI is InChI=1S/C44H38N4O5/c1-25-9-7-11-31(41(25)47-37-17-13-27(49-3)21-33(37)34-22-28(50-4)14-18-38(34)47)43-45-46-44(53-43)32-12-8-10-26(2)42(32)48-39-19-15-29(51-5)23-35(39)36-24-30(52-6)16-20-40(36)48/h7,9,11-24H,8,10H2,1-6H3. The number of hydrogen-bond acceptors (Lipinski definition) is 7. The Morgan fingerprint density at radius 3 is 1.53 bits per heavy atom. The number of rotatable bonds is 8. The highest BCUT2D eigenvalue weighted by Gasteiger charge is 2.27. The van der Waals surface area contributed by atoms with Crippen LogP contribution in [0.3, 0.4) is 0 Å². The summed E-state index contributed by atoms with van der Waals surface area (Å²) >= 11 is 0. The van der Waals surface area contributed by atoms with Crippen molar-refractivity contribution >= 4 is 54.9 Å². The minimum Gasteiger partial charge on any atom is -0.497 e. The normalized spacial score (nSPS) is 13.4. The number of aryl methyl sites for hydroxylation is 1. The first-order chi connectivity index (χ1) is 25.9. The number of hydrogen-bond donors (Lipinski definition) is 0. The molecule has 8 aromatic rings. The molecule has 9 nitrogen and oxygen atoms in total. The average molecular weight is 703 g/mol. The molecule has 3 aromatic heterocycles. The average Bonchev–Trinajstić information content (AvgIpc) is 3.90. The fourth-order valence-electron chi connectivity index (χ4n) is 7.90. The molecule has 1 aliphatic carbocycles. The van der Waals surface area contributed by atoms with E-state index in [4.69, 9.17) is 33.6 Å². The molecule has 1 aliphatic rings. The molecule has 0 unspecified atom stereocenters. The van der Waals surface area contributed by atoms with Gasteiger partial charge in [-0.25, -0.2) is 0 Å². The van der Waals surface area contributed by atoms with E-state index in [0.717, 1.165) is 108 Å². The quantitative estimate of drug-likeness (QED) is 0.156. The molecule has 5 aromatic carbocycles. The lowest BCUT2D eigenvalue weighted by atomic mass is 9.96. The van der Waals surface area contributed by atoms with Gasteiger partial charge in [-0.05, 0) is 117 Å². The molecule has 0 fully saturated rings. The third-order valence-corrected chi connectivity index (χ3v) is 10.5. The van der Waals surface area contributed by atoms with E-state index in [1.165, 1.54) is 5.57 Å². The Labute approximate surface area is 306 Å². The Bertz CT molecular complexity index is 2690. The van der Waals surface area contributed by atoms with Gasteiger partial charge in [-0.3, -0.25) is 0 Å². The van der Waals surface area contributed by atoms with Gasteiger partial charge in [0.2, 0.25) is 11.8 Å². The first-order valence-corrected chi connectivity index (χ1v) is 17.6. The van der Waals surface area contributed by atoms with Gasteiger partial charge in [-0.2, -0.15) is 0 Å². The Hall–Kier alpha value is -6.48. The van der Waals surface area contributed by atoms with Crippen molar-refractivity contribution in [3.05, 3.63) is 114 Å². The van der Waals surface area contributed by atoms with Gasteiger partial charge in [-0.15, -0.1) is 10.2 Å². The smallest absolute Gasteiger partial charge is 0.250 e. The van der Waals surface area contributed by atoms with Gasteiger partial charge in [0, 0.05) is 21.5 Å². The monoisotopic (exact) mass is 702 g/mol. The third-order valence-electron chi connectivity index (χ3n) is 10.5. The second-order valence-electron chi connectivity index (χ2n) is 13.4. The zero-order chi connectivity index (χ0) is 36.4. The maximum Gasteiger partial charge on any atom is 0.250 e. The van der Waals surface area contributed by atoms with Crippen LogP contribution >= 0.6 is 0 Å². The van der Waals surface area contributed by atoms with Gasteiger partial charge >= 0.3 is 0 Å². The van der Waals surface area contributed by atoms with Crippen LogP contribution < -0.4 is 18.9 Å². The van der Waals surface area contributed by atoms with E-state index in [-0.39, 0.29) is 0 Å². The molecule has 0 amide bonds. The van der Waals surface area contributed by atoms with E-state index in [1.54, 1.807) is 28.4 Å². The molecule has 0 atom stereocenters. The molecule has 9 heteroatoms. The van der Waals surface area contributed by atoms with Crippen molar-refractivity contribution in [3.8, 4) is 40.1 Å². The Balaban J connectivity index is 1.22. The lowest BCUT2D eigenvalue weighted by Crippen LogP contribution is -2.06. The maximum absolute atomic E-state index is 6.74. The van der Waals surface area contributed by atoms with Crippen LogP contribution in [0.25, 0.3) is 72.0 Å². The van der Waals surface area contributed by atoms with E-state index >= 15 is 0 Å². The number of aromatic nitrogens is 4. The van der Waals surface area contributed by atoms with Crippen molar-refractivity contribution in [2.24, 2.45) is 0 Å². The summed E-state index contributed by atoms with van der Waals surface area (Å²) < 4.78 is 33.9. The van der Waals surface area contributed by atoms with Gasteiger partial charge in [0.25, 0.3) is 0 Å². The SMILES string of the molecule is COc1ccc2c(c1)c1cc(OC)ccc1n2C1=C(C)CCC=C1c1nnc(-c2cccc(C)c2-n2c3ccc(OC)cc3c3cc(OC)ccc32)o1. The second kappa shape index (κ2) is 12.6. The highest BCUT2D eigenvalue weighted by molar-refractivity contribution is 6.15. The zero-order valence-corrected chi connectivity index (χ0v) is 30.5. The molecule has 0 aliphatic heterocycles. The summed E-state index contributed by atoms with van der Waals surface area (Å²) in [5.74, 6) is 4.06. The van der Waals surface area contributed by atoms with Crippen LogP contribution in [0.4, 0.5) is 0 Å². The number of benzene rings is 5. The van der Waals surface area contributed by atoms with E-state index in [0.29, 0.717) is 11.8 Å². The van der Waals surface area contributed by atoms with Crippen molar-refractivity contribution in [2.75, 3.05) is 28.4 Å². The molecule has 0 saturated heterocycles. The van der Waals surface area contributed by atoms with Gasteiger partial charge in [0.15, 0.2) is 0 Å². The zero-order valence-electron chi connectivity index (χ0n) is 30.5. The molecule has 53 heavy (non-hydrogen) atoms. The highest BCUT2D eigenvalue weighted by atomic mass is 16.5. The number of para-hydroxylation sites is 1. The van der Waals surface area contributed by atoms with E-state index in [9.17, 15) is 0 Å². The molecule has 0 N–H and O–H groups in total. The lowest BCUT2D eigenvalue weighted by Gasteiger charge is -2.21. The number of ether oxygens (including phenoxy) is 4. The van der Waals surface area contributed by atoms with E-state index in [2.05, 4.69) is 89.7 Å². The molecular weight excluding hydrogens is 665 g/mol. The fraction of sp³-hybridized carbons (Fsp3) is 0.182. The first kappa shape index (κ1) is 32.4. The minimum absolute atomic E-state index is 0.441. The second-order valence-corrected chi connectivity index (χ2v) is 13.4. The van der Waals surface area contributed by atoms with E-state index < -0.39 is 0 Å². The summed E-state index contributed by atoms with van der Waals surface area (Å²) in [4.78, 5) is 0. The molecule has 0 spiro atoms. The molecular formula is C44H38N4O5. The third kappa shape index (κ3) is 5.06. The number of nitrogens with zero attached hydrogens (tertiary/aromatic N) is 4. The molecule has 9 rings (SSSR count). The summed E-state index contributed by atoms with van der Waals surface area (Å²) in [6, 6.07) is 30.9. The van der Waals surface area contributed by atoms with Crippen molar-refractivity contribution in [3.63, 3.8) is 0 Å². The first-order valence-electron chi connectivity index (χ1n) is 17.6. The van der Waals surface area contributed by atoms with Gasteiger partial charge < -0.3 is 32.5 Å². The summed E-state index contributed by atoms with van der Waals surface area (Å²) in [5.41, 5.74) is 10.2. The van der Waals surface area contributed by atoms with Crippen LogP contribution in [0.15, 0.2) is 107 Å². The van der Waals surface area contributed by atoms with Crippen molar-refractivity contribution < 1.29 is 23.4 Å². The molecule has 0 saturated carbocycles. The van der Waals surface area contributed by atoms with Gasteiger partial charge in [0.1, 0.15) is 23.0 Å². The van der Waals surface area contributed by atoms with Crippen LogP contribution in [-0.4, -0.2) is 47.8 Å². The maximum atomic E-state index is 6.74. The van der Waals surface area contributed by atoms with Crippen LogP contribution in [0.2, 0.25) is 0 Å². The summed E-state index contributed by atoms with van der Waals surface area (Å²) in [5, 5.41) is 13.7. The van der Waals surface area contributed by atoms with Crippen LogP contribution in [-0.2, 0) is 0 Å².